The van der Waals surface area contributed by atoms with Crippen molar-refractivity contribution in [2.24, 2.45) is 0 Å². The van der Waals surface area contributed by atoms with Gasteiger partial charge >= 0.3 is 0 Å². The van der Waals surface area contributed by atoms with E-state index in [1.807, 2.05) is 18.2 Å². The van der Waals surface area contributed by atoms with E-state index < -0.39 is 10.0 Å². The minimum atomic E-state index is -3.90. The highest BCUT2D eigenvalue weighted by Crippen LogP contribution is 2.29. The molecule has 1 aliphatic heterocycles. The Bertz CT molecular complexity index is 1070. The first-order valence-electron chi connectivity index (χ1n) is 10.7. The van der Waals surface area contributed by atoms with Crippen molar-refractivity contribution in [2.45, 2.75) is 43.0 Å². The first-order chi connectivity index (χ1) is 14.9. The Labute approximate surface area is 182 Å². The van der Waals surface area contributed by atoms with Crippen LogP contribution in [0, 0.1) is 0 Å². The lowest BCUT2D eigenvalue weighted by Crippen LogP contribution is -2.40. The molecule has 9 heteroatoms. The molecule has 1 aliphatic carbocycles. The molecule has 0 bridgehead atoms. The predicted molar refractivity (Wildman–Crippen MR) is 116 cm³/mol. The highest BCUT2D eigenvalue weighted by Gasteiger charge is 2.28. The molecule has 0 spiro atoms. The SMILES string of the molecule is CN(CC(=O)N[C@H]1CCCc2ccccc21)S(=O)(=O)c1c[nH]c(C(=O)N2CCCC2)c1. The Morgan fingerprint density at radius 3 is 2.71 bits per heavy atom. The molecule has 1 aromatic carbocycles. The second kappa shape index (κ2) is 8.84. The number of H-pyrrole nitrogens is 1. The molecule has 2 aromatic rings. The van der Waals surface area contributed by atoms with Crippen LogP contribution in [0.4, 0.5) is 0 Å². The molecule has 2 N–H and O–H groups in total. The number of sulfonamides is 1. The molecule has 166 valence electrons. The van der Waals surface area contributed by atoms with Crippen LogP contribution in [0.1, 0.15) is 53.3 Å². The van der Waals surface area contributed by atoms with E-state index in [-0.39, 0.29) is 35.0 Å². The van der Waals surface area contributed by atoms with Gasteiger partial charge in [0, 0.05) is 26.3 Å². The van der Waals surface area contributed by atoms with Gasteiger partial charge in [0.25, 0.3) is 5.91 Å². The fraction of sp³-hybridized carbons (Fsp3) is 0.455. The summed E-state index contributed by atoms with van der Waals surface area (Å²) in [5.74, 6) is -0.549. The van der Waals surface area contributed by atoms with Crippen LogP contribution in [0.25, 0.3) is 0 Å². The Hall–Kier alpha value is -2.65. The second-order valence-electron chi connectivity index (χ2n) is 8.22. The lowest BCUT2D eigenvalue weighted by molar-refractivity contribution is -0.122. The molecule has 0 saturated carbocycles. The van der Waals surface area contributed by atoms with Crippen molar-refractivity contribution >= 4 is 21.8 Å². The maximum Gasteiger partial charge on any atom is 0.270 e. The summed E-state index contributed by atoms with van der Waals surface area (Å²) in [5, 5.41) is 2.98. The highest BCUT2D eigenvalue weighted by molar-refractivity contribution is 7.89. The molecule has 31 heavy (non-hydrogen) atoms. The van der Waals surface area contributed by atoms with Crippen molar-refractivity contribution in [1.82, 2.24) is 19.5 Å². The van der Waals surface area contributed by atoms with Gasteiger partial charge in [-0.25, -0.2) is 8.42 Å². The number of carbonyl (C=O) groups excluding carboxylic acids is 2. The number of aryl methyl sites for hydroxylation is 1. The first kappa shape index (κ1) is 21.6. The van der Waals surface area contributed by atoms with Gasteiger partial charge < -0.3 is 15.2 Å². The van der Waals surface area contributed by atoms with Crippen molar-refractivity contribution in [3.05, 3.63) is 53.3 Å². The van der Waals surface area contributed by atoms with Gasteiger partial charge in [0.15, 0.2) is 0 Å². The quantitative estimate of drug-likeness (QED) is 0.712. The van der Waals surface area contributed by atoms with Gasteiger partial charge in [0.05, 0.1) is 12.6 Å². The molecule has 1 fully saturated rings. The summed E-state index contributed by atoms with van der Waals surface area (Å²) >= 11 is 0. The van der Waals surface area contributed by atoms with Crippen LogP contribution in [-0.4, -0.2) is 61.1 Å². The molecular weight excluding hydrogens is 416 g/mol. The third-order valence-corrected chi connectivity index (χ3v) is 7.84. The molecule has 8 nitrogen and oxygen atoms in total. The number of benzene rings is 1. The fourth-order valence-electron chi connectivity index (χ4n) is 4.35. The normalized spacial score (nSPS) is 18.8. The molecule has 0 radical (unpaired) electrons. The molecular formula is C22H28N4O4S. The van der Waals surface area contributed by atoms with Crippen molar-refractivity contribution in [3.8, 4) is 0 Å². The van der Waals surface area contributed by atoms with Gasteiger partial charge in [-0.2, -0.15) is 4.31 Å². The van der Waals surface area contributed by atoms with Crippen LogP contribution < -0.4 is 5.32 Å². The van der Waals surface area contributed by atoms with Gasteiger partial charge in [-0.15, -0.1) is 0 Å². The Morgan fingerprint density at radius 1 is 1.19 bits per heavy atom. The molecule has 1 aromatic heterocycles. The number of carbonyl (C=O) groups is 2. The average Bonchev–Trinajstić information content (AvgIpc) is 3.46. The van der Waals surface area contributed by atoms with Gasteiger partial charge in [-0.3, -0.25) is 9.59 Å². The number of amides is 2. The van der Waals surface area contributed by atoms with E-state index in [1.165, 1.54) is 24.9 Å². The largest absolute Gasteiger partial charge is 0.356 e. The fourth-order valence-corrected chi connectivity index (χ4v) is 5.47. The van der Waals surface area contributed by atoms with E-state index in [0.717, 1.165) is 42.0 Å². The Balaban J connectivity index is 1.40. The van der Waals surface area contributed by atoms with E-state index in [4.69, 9.17) is 0 Å². The topological polar surface area (TPSA) is 103 Å². The number of hydrogen-bond donors (Lipinski definition) is 2. The first-order valence-corrected chi connectivity index (χ1v) is 12.1. The maximum absolute atomic E-state index is 12.9. The maximum atomic E-state index is 12.9. The van der Waals surface area contributed by atoms with Crippen LogP contribution in [0.5, 0.6) is 0 Å². The molecule has 2 amide bonds. The molecule has 4 rings (SSSR count). The highest BCUT2D eigenvalue weighted by atomic mass is 32.2. The molecule has 0 unspecified atom stereocenters. The van der Waals surface area contributed by atoms with Crippen LogP contribution in [0.3, 0.4) is 0 Å². The van der Waals surface area contributed by atoms with Crippen LogP contribution in [0.2, 0.25) is 0 Å². The lowest BCUT2D eigenvalue weighted by Gasteiger charge is -2.27. The predicted octanol–water partition coefficient (Wildman–Crippen LogP) is 2.06. The summed E-state index contributed by atoms with van der Waals surface area (Å²) in [6, 6.07) is 9.26. The summed E-state index contributed by atoms with van der Waals surface area (Å²) in [7, 11) is -2.53. The summed E-state index contributed by atoms with van der Waals surface area (Å²) in [6.07, 6.45) is 6.03. The molecule has 2 aliphatic rings. The minimum Gasteiger partial charge on any atom is -0.356 e. The van der Waals surface area contributed by atoms with E-state index >= 15 is 0 Å². The van der Waals surface area contributed by atoms with Gasteiger partial charge in [0.1, 0.15) is 10.6 Å². The van der Waals surface area contributed by atoms with Crippen molar-refractivity contribution < 1.29 is 18.0 Å². The van der Waals surface area contributed by atoms with Gasteiger partial charge in [-0.05, 0) is 49.3 Å². The summed E-state index contributed by atoms with van der Waals surface area (Å²) < 4.78 is 26.9. The Morgan fingerprint density at radius 2 is 1.94 bits per heavy atom. The zero-order valence-corrected chi connectivity index (χ0v) is 18.5. The van der Waals surface area contributed by atoms with E-state index in [9.17, 15) is 18.0 Å². The summed E-state index contributed by atoms with van der Waals surface area (Å²) in [6.45, 7) is 1.08. The number of aromatic nitrogens is 1. The van der Waals surface area contributed by atoms with E-state index in [2.05, 4.69) is 16.4 Å². The smallest absolute Gasteiger partial charge is 0.270 e. The third kappa shape index (κ3) is 4.52. The van der Waals surface area contributed by atoms with E-state index in [1.54, 1.807) is 4.90 Å². The molecule has 1 atom stereocenters. The number of aromatic amines is 1. The zero-order valence-electron chi connectivity index (χ0n) is 17.6. The lowest BCUT2D eigenvalue weighted by atomic mass is 9.88. The number of likely N-dealkylation sites (tertiary alicyclic amines) is 1. The number of rotatable bonds is 6. The standard InChI is InChI=1S/C22H28N4O4S/c1-25(15-21(27)24-19-10-6-8-16-7-2-3-9-18(16)19)31(29,30)17-13-20(23-14-17)22(28)26-11-4-5-12-26/h2-3,7,9,13-14,19,23H,4-6,8,10-12,15H2,1H3,(H,24,27)/t19-/m0/s1. The molecule has 2 heterocycles. The average molecular weight is 445 g/mol. The third-order valence-electron chi connectivity index (χ3n) is 6.06. The second-order valence-corrected chi connectivity index (χ2v) is 10.3. The minimum absolute atomic E-state index is 0.0200. The summed E-state index contributed by atoms with van der Waals surface area (Å²) in [5.41, 5.74) is 2.57. The van der Waals surface area contributed by atoms with Crippen molar-refractivity contribution in [2.75, 3.05) is 26.7 Å². The summed E-state index contributed by atoms with van der Waals surface area (Å²) in [4.78, 5) is 29.6. The molecule has 1 saturated heterocycles. The number of nitrogens with zero attached hydrogens (tertiary/aromatic N) is 2. The monoisotopic (exact) mass is 444 g/mol. The van der Waals surface area contributed by atoms with Crippen molar-refractivity contribution in [3.63, 3.8) is 0 Å². The van der Waals surface area contributed by atoms with Gasteiger partial charge in [-0.1, -0.05) is 24.3 Å². The number of hydrogen-bond acceptors (Lipinski definition) is 4. The number of fused-ring (bicyclic) bond motifs is 1. The number of likely N-dealkylation sites (N-methyl/N-ethyl adjacent to an activating group) is 1. The zero-order chi connectivity index (χ0) is 22.0. The van der Waals surface area contributed by atoms with Crippen molar-refractivity contribution in [1.29, 1.82) is 0 Å². The van der Waals surface area contributed by atoms with Crippen LogP contribution in [0.15, 0.2) is 41.4 Å². The number of nitrogens with one attached hydrogen (secondary N) is 2. The van der Waals surface area contributed by atoms with E-state index in [0.29, 0.717) is 13.1 Å². The van der Waals surface area contributed by atoms with Crippen LogP contribution in [-0.2, 0) is 21.2 Å². The Kier molecular flexibility index (Phi) is 6.15. The van der Waals surface area contributed by atoms with Crippen LogP contribution >= 0.6 is 0 Å². The van der Waals surface area contributed by atoms with Gasteiger partial charge in [0.2, 0.25) is 15.9 Å².